The first-order valence-electron chi connectivity index (χ1n) is 9.45. The van der Waals surface area contributed by atoms with Gasteiger partial charge in [-0.15, -0.1) is 0 Å². The molecule has 0 unspecified atom stereocenters. The molecular weight excluding hydrogens is 370 g/mol. The molecule has 0 aliphatic carbocycles. The first-order chi connectivity index (χ1) is 13.8. The number of para-hydroxylation sites is 1. The zero-order chi connectivity index (χ0) is 19.2. The van der Waals surface area contributed by atoms with Crippen LogP contribution in [0, 0.1) is 0 Å². The van der Waals surface area contributed by atoms with Crippen molar-refractivity contribution in [1.82, 2.24) is 9.88 Å². The summed E-state index contributed by atoms with van der Waals surface area (Å²) in [5.41, 5.74) is 3.55. The van der Waals surface area contributed by atoms with E-state index in [0.29, 0.717) is 11.6 Å². The van der Waals surface area contributed by atoms with Gasteiger partial charge in [0.2, 0.25) is 11.8 Å². The number of oxazole rings is 1. The number of benzene rings is 2. The Morgan fingerprint density at radius 2 is 1.82 bits per heavy atom. The molecule has 0 saturated carbocycles. The number of carbonyl (C=O) groups excluding carboxylic acids is 1. The standard InChI is InChI=1S/C22H23N3O2S/c26-21(14-19-16-27-22(23-19)17-6-2-1-3-7-17)24-20-9-5-4-8-18(20)15-25-10-12-28-13-11-25/h1-9,16H,10-15H2,(H,24,26). The van der Waals surface area contributed by atoms with Gasteiger partial charge in [-0.3, -0.25) is 9.69 Å². The third kappa shape index (κ3) is 4.82. The topological polar surface area (TPSA) is 58.4 Å². The van der Waals surface area contributed by atoms with Gasteiger partial charge < -0.3 is 9.73 Å². The average Bonchev–Trinajstić information content (AvgIpc) is 3.19. The summed E-state index contributed by atoms with van der Waals surface area (Å²) in [6, 6.07) is 17.7. The number of hydrogen-bond acceptors (Lipinski definition) is 5. The van der Waals surface area contributed by atoms with E-state index in [2.05, 4.69) is 21.3 Å². The quantitative estimate of drug-likeness (QED) is 0.684. The van der Waals surface area contributed by atoms with Crippen LogP contribution in [0.25, 0.3) is 11.5 Å². The smallest absolute Gasteiger partial charge is 0.230 e. The lowest BCUT2D eigenvalue weighted by Gasteiger charge is -2.27. The Hall–Kier alpha value is -2.57. The number of nitrogens with zero attached hydrogens (tertiary/aromatic N) is 2. The second kappa shape index (κ2) is 9.08. The van der Waals surface area contributed by atoms with Crippen LogP contribution in [-0.2, 0) is 17.8 Å². The predicted octanol–water partition coefficient (Wildman–Crippen LogP) is 4.07. The minimum absolute atomic E-state index is 0.0884. The average molecular weight is 394 g/mol. The molecule has 2 heterocycles. The molecule has 28 heavy (non-hydrogen) atoms. The maximum Gasteiger partial charge on any atom is 0.230 e. The lowest BCUT2D eigenvalue weighted by molar-refractivity contribution is -0.115. The Kier molecular flexibility index (Phi) is 6.09. The highest BCUT2D eigenvalue weighted by molar-refractivity contribution is 7.99. The van der Waals surface area contributed by atoms with Crippen LogP contribution in [-0.4, -0.2) is 40.4 Å². The van der Waals surface area contributed by atoms with Crippen LogP contribution < -0.4 is 5.32 Å². The van der Waals surface area contributed by atoms with Crippen LogP contribution in [0.2, 0.25) is 0 Å². The second-order valence-electron chi connectivity index (χ2n) is 6.78. The molecule has 1 fully saturated rings. The Labute approximate surface area is 169 Å². The molecule has 0 bridgehead atoms. The lowest BCUT2D eigenvalue weighted by Crippen LogP contribution is -2.32. The van der Waals surface area contributed by atoms with E-state index in [0.717, 1.165) is 36.4 Å². The van der Waals surface area contributed by atoms with Gasteiger partial charge in [-0.2, -0.15) is 11.8 Å². The molecule has 6 heteroatoms. The van der Waals surface area contributed by atoms with Crippen molar-refractivity contribution in [2.24, 2.45) is 0 Å². The van der Waals surface area contributed by atoms with Crippen molar-refractivity contribution < 1.29 is 9.21 Å². The van der Waals surface area contributed by atoms with Crippen molar-refractivity contribution in [2.75, 3.05) is 29.9 Å². The van der Waals surface area contributed by atoms with Gasteiger partial charge in [0.1, 0.15) is 6.26 Å². The molecule has 4 rings (SSSR count). The van der Waals surface area contributed by atoms with Crippen molar-refractivity contribution in [3.8, 4) is 11.5 Å². The van der Waals surface area contributed by atoms with E-state index in [9.17, 15) is 4.79 Å². The molecule has 5 nitrogen and oxygen atoms in total. The van der Waals surface area contributed by atoms with Gasteiger partial charge in [0.25, 0.3) is 0 Å². The van der Waals surface area contributed by atoms with Gasteiger partial charge in [-0.25, -0.2) is 4.98 Å². The third-order valence-corrected chi connectivity index (χ3v) is 5.65. The highest BCUT2D eigenvalue weighted by Crippen LogP contribution is 2.21. The summed E-state index contributed by atoms with van der Waals surface area (Å²) in [5.74, 6) is 2.79. The molecule has 144 valence electrons. The monoisotopic (exact) mass is 393 g/mol. The highest BCUT2D eigenvalue weighted by atomic mass is 32.2. The molecule has 0 spiro atoms. The minimum atomic E-state index is -0.0884. The molecule has 1 aliphatic rings. The molecule has 1 aliphatic heterocycles. The highest BCUT2D eigenvalue weighted by Gasteiger charge is 2.15. The third-order valence-electron chi connectivity index (χ3n) is 4.70. The number of hydrogen-bond donors (Lipinski definition) is 1. The zero-order valence-electron chi connectivity index (χ0n) is 15.6. The van der Waals surface area contributed by atoms with Crippen LogP contribution in [0.5, 0.6) is 0 Å². The largest absolute Gasteiger partial charge is 0.444 e. The number of carbonyl (C=O) groups is 1. The van der Waals surface area contributed by atoms with E-state index >= 15 is 0 Å². The van der Waals surface area contributed by atoms with Crippen LogP contribution in [0.4, 0.5) is 5.69 Å². The number of amides is 1. The normalized spacial score (nSPS) is 14.7. The molecule has 1 aromatic heterocycles. The van der Waals surface area contributed by atoms with Gasteiger partial charge >= 0.3 is 0 Å². The van der Waals surface area contributed by atoms with Crippen LogP contribution in [0.15, 0.2) is 65.3 Å². The van der Waals surface area contributed by atoms with E-state index in [4.69, 9.17) is 4.42 Å². The molecule has 1 N–H and O–H groups in total. The Balaban J connectivity index is 1.39. The van der Waals surface area contributed by atoms with Crippen LogP contribution in [0.1, 0.15) is 11.3 Å². The number of rotatable bonds is 6. The van der Waals surface area contributed by atoms with E-state index in [-0.39, 0.29) is 12.3 Å². The second-order valence-corrected chi connectivity index (χ2v) is 8.01. The van der Waals surface area contributed by atoms with Gasteiger partial charge in [0, 0.05) is 42.4 Å². The first kappa shape index (κ1) is 18.8. The molecule has 1 amide bonds. The molecule has 0 atom stereocenters. The summed E-state index contributed by atoms with van der Waals surface area (Å²) in [6.07, 6.45) is 1.74. The summed E-state index contributed by atoms with van der Waals surface area (Å²) in [7, 11) is 0. The Morgan fingerprint density at radius 1 is 1.07 bits per heavy atom. The van der Waals surface area contributed by atoms with Crippen molar-refractivity contribution in [1.29, 1.82) is 0 Å². The fraction of sp³-hybridized carbons (Fsp3) is 0.273. The number of anilines is 1. The van der Waals surface area contributed by atoms with Crippen LogP contribution >= 0.6 is 11.8 Å². The fourth-order valence-electron chi connectivity index (χ4n) is 3.24. The summed E-state index contributed by atoms with van der Waals surface area (Å²) >= 11 is 2.00. The van der Waals surface area contributed by atoms with Gasteiger partial charge in [-0.05, 0) is 23.8 Å². The van der Waals surface area contributed by atoms with Gasteiger partial charge in [0.15, 0.2) is 0 Å². The molecule has 3 aromatic rings. The summed E-state index contributed by atoms with van der Waals surface area (Å²) in [4.78, 5) is 19.4. The van der Waals surface area contributed by atoms with Crippen molar-refractivity contribution in [3.05, 3.63) is 72.1 Å². The molecule has 2 aromatic carbocycles. The van der Waals surface area contributed by atoms with Gasteiger partial charge in [-0.1, -0.05) is 36.4 Å². The minimum Gasteiger partial charge on any atom is -0.444 e. The van der Waals surface area contributed by atoms with Crippen molar-refractivity contribution in [3.63, 3.8) is 0 Å². The van der Waals surface area contributed by atoms with Gasteiger partial charge in [0.05, 0.1) is 12.1 Å². The summed E-state index contributed by atoms with van der Waals surface area (Å²) in [5, 5.41) is 3.05. The van der Waals surface area contributed by atoms with E-state index in [1.165, 1.54) is 11.5 Å². The predicted molar refractivity (Wildman–Crippen MR) is 113 cm³/mol. The number of nitrogens with one attached hydrogen (secondary N) is 1. The Bertz CT molecular complexity index is 920. The fourth-order valence-corrected chi connectivity index (χ4v) is 4.22. The van der Waals surface area contributed by atoms with Crippen molar-refractivity contribution in [2.45, 2.75) is 13.0 Å². The maximum atomic E-state index is 12.6. The zero-order valence-corrected chi connectivity index (χ0v) is 16.5. The number of thioether (sulfide) groups is 1. The number of aromatic nitrogens is 1. The lowest BCUT2D eigenvalue weighted by atomic mass is 10.1. The summed E-state index contributed by atoms with van der Waals surface area (Å²) in [6.45, 7) is 3.04. The molecule has 0 radical (unpaired) electrons. The van der Waals surface area contributed by atoms with E-state index in [1.54, 1.807) is 6.26 Å². The Morgan fingerprint density at radius 3 is 2.64 bits per heavy atom. The van der Waals surface area contributed by atoms with Crippen molar-refractivity contribution >= 4 is 23.4 Å². The maximum absolute atomic E-state index is 12.6. The first-order valence-corrected chi connectivity index (χ1v) is 10.6. The van der Waals surface area contributed by atoms with E-state index < -0.39 is 0 Å². The molecular formula is C22H23N3O2S. The van der Waals surface area contributed by atoms with Crippen LogP contribution in [0.3, 0.4) is 0 Å². The SMILES string of the molecule is O=C(Cc1coc(-c2ccccc2)n1)Nc1ccccc1CN1CCSCC1. The summed E-state index contributed by atoms with van der Waals surface area (Å²) < 4.78 is 5.53. The molecule has 1 saturated heterocycles. The van der Waals surface area contributed by atoms with E-state index in [1.807, 2.05) is 60.3 Å².